The molecule has 0 radical (unpaired) electrons. The summed E-state index contributed by atoms with van der Waals surface area (Å²) in [6, 6.07) is 11.7. The molecule has 0 atom stereocenters. The molecule has 1 N–H and O–H groups in total. The summed E-state index contributed by atoms with van der Waals surface area (Å²) in [4.78, 5) is 4.15. The van der Waals surface area contributed by atoms with Crippen molar-refractivity contribution in [1.29, 1.82) is 5.26 Å². The van der Waals surface area contributed by atoms with Gasteiger partial charge in [0.2, 0.25) is 5.88 Å². The summed E-state index contributed by atoms with van der Waals surface area (Å²) in [5.74, 6) is 0.599. The normalized spacial score (nSPS) is 9.74. The highest BCUT2D eigenvalue weighted by Gasteiger charge is 2.07. The Morgan fingerprint density at radius 1 is 1.32 bits per heavy atom. The number of methoxy groups -OCH3 is 1. The van der Waals surface area contributed by atoms with Crippen molar-refractivity contribution in [2.75, 3.05) is 12.4 Å². The van der Waals surface area contributed by atoms with Crippen LogP contribution in [0.25, 0.3) is 0 Å². The standard InChI is InChI=1S/C15H15N3O/c1-11-5-3-6-12(9-16)14(11)18-10-13-7-4-8-17-15(13)19-2/h3-8,18H,10H2,1-2H3. The van der Waals surface area contributed by atoms with Gasteiger partial charge in [-0.2, -0.15) is 5.26 Å². The smallest absolute Gasteiger partial charge is 0.218 e. The Kier molecular flexibility index (Phi) is 3.99. The molecule has 0 fully saturated rings. The molecule has 0 unspecified atom stereocenters. The van der Waals surface area contributed by atoms with Crippen molar-refractivity contribution in [3.8, 4) is 11.9 Å². The molecular formula is C15H15N3O. The van der Waals surface area contributed by atoms with Crippen molar-refractivity contribution in [3.05, 3.63) is 53.2 Å². The third kappa shape index (κ3) is 2.83. The van der Waals surface area contributed by atoms with E-state index in [1.54, 1.807) is 19.4 Å². The van der Waals surface area contributed by atoms with E-state index >= 15 is 0 Å². The number of aryl methyl sites for hydroxylation is 1. The summed E-state index contributed by atoms with van der Waals surface area (Å²) in [5.41, 5.74) is 3.50. The van der Waals surface area contributed by atoms with Gasteiger partial charge in [0.05, 0.1) is 18.4 Å². The second kappa shape index (κ2) is 5.87. The van der Waals surface area contributed by atoms with Crippen molar-refractivity contribution in [2.45, 2.75) is 13.5 Å². The molecule has 2 rings (SSSR count). The summed E-state index contributed by atoms with van der Waals surface area (Å²) in [7, 11) is 1.60. The minimum absolute atomic E-state index is 0.566. The molecule has 19 heavy (non-hydrogen) atoms. The zero-order chi connectivity index (χ0) is 13.7. The molecule has 0 amide bonds. The van der Waals surface area contributed by atoms with Crippen molar-refractivity contribution < 1.29 is 4.74 Å². The van der Waals surface area contributed by atoms with Crippen LogP contribution in [0.3, 0.4) is 0 Å². The van der Waals surface area contributed by atoms with Crippen LogP contribution < -0.4 is 10.1 Å². The summed E-state index contributed by atoms with van der Waals surface area (Å²) < 4.78 is 5.20. The zero-order valence-electron chi connectivity index (χ0n) is 11.0. The number of rotatable bonds is 4. The Bertz CT molecular complexity index is 617. The number of nitrogens with one attached hydrogen (secondary N) is 1. The van der Waals surface area contributed by atoms with E-state index in [4.69, 9.17) is 10.00 Å². The minimum atomic E-state index is 0.566. The number of anilines is 1. The monoisotopic (exact) mass is 253 g/mol. The van der Waals surface area contributed by atoms with Crippen LogP contribution in [-0.4, -0.2) is 12.1 Å². The fraction of sp³-hybridized carbons (Fsp3) is 0.200. The molecule has 4 nitrogen and oxygen atoms in total. The molecule has 1 heterocycles. The van der Waals surface area contributed by atoms with Crippen molar-refractivity contribution in [2.24, 2.45) is 0 Å². The molecule has 0 saturated heterocycles. The van der Waals surface area contributed by atoms with Gasteiger partial charge in [0.15, 0.2) is 0 Å². The minimum Gasteiger partial charge on any atom is -0.481 e. The number of benzene rings is 1. The zero-order valence-corrected chi connectivity index (χ0v) is 11.0. The number of ether oxygens (including phenoxy) is 1. The molecule has 0 bridgehead atoms. The number of para-hydroxylation sites is 1. The largest absolute Gasteiger partial charge is 0.481 e. The van der Waals surface area contributed by atoms with Gasteiger partial charge in [-0.3, -0.25) is 0 Å². The molecule has 2 aromatic rings. The molecule has 1 aromatic carbocycles. The number of nitriles is 1. The highest BCUT2D eigenvalue weighted by molar-refractivity contribution is 5.62. The topological polar surface area (TPSA) is 57.9 Å². The van der Waals surface area contributed by atoms with Crippen LogP contribution in [0.5, 0.6) is 5.88 Å². The van der Waals surface area contributed by atoms with Gasteiger partial charge < -0.3 is 10.1 Å². The highest BCUT2D eigenvalue weighted by Crippen LogP contribution is 2.22. The van der Waals surface area contributed by atoms with Gasteiger partial charge >= 0.3 is 0 Å². The van der Waals surface area contributed by atoms with Crippen molar-refractivity contribution in [3.63, 3.8) is 0 Å². The van der Waals surface area contributed by atoms with Crippen LogP contribution in [0.2, 0.25) is 0 Å². The molecule has 0 spiro atoms. The highest BCUT2D eigenvalue weighted by atomic mass is 16.5. The van der Waals surface area contributed by atoms with E-state index in [1.807, 2.05) is 31.2 Å². The van der Waals surface area contributed by atoms with Crippen LogP contribution in [0.15, 0.2) is 36.5 Å². The van der Waals surface area contributed by atoms with E-state index in [0.29, 0.717) is 18.0 Å². The third-order valence-electron chi connectivity index (χ3n) is 2.89. The first-order valence-corrected chi connectivity index (χ1v) is 5.97. The Hall–Kier alpha value is -2.54. The van der Waals surface area contributed by atoms with Crippen molar-refractivity contribution in [1.82, 2.24) is 4.98 Å². The molecule has 4 heteroatoms. The maximum atomic E-state index is 9.11. The Balaban J connectivity index is 2.22. The van der Waals surface area contributed by atoms with E-state index < -0.39 is 0 Å². The van der Waals surface area contributed by atoms with Crippen LogP contribution in [-0.2, 0) is 6.54 Å². The van der Waals surface area contributed by atoms with Crippen molar-refractivity contribution >= 4 is 5.69 Å². The van der Waals surface area contributed by atoms with Gasteiger partial charge in [-0.15, -0.1) is 0 Å². The first-order chi connectivity index (χ1) is 9.26. The number of nitrogens with zero attached hydrogens (tertiary/aromatic N) is 2. The Morgan fingerprint density at radius 2 is 2.16 bits per heavy atom. The van der Waals surface area contributed by atoms with Crippen LogP contribution in [0, 0.1) is 18.3 Å². The lowest BCUT2D eigenvalue weighted by molar-refractivity contribution is 0.393. The fourth-order valence-electron chi connectivity index (χ4n) is 1.92. The number of hydrogen-bond acceptors (Lipinski definition) is 4. The molecule has 0 aliphatic heterocycles. The second-order valence-electron chi connectivity index (χ2n) is 4.13. The van der Waals surface area contributed by atoms with E-state index in [1.165, 1.54) is 0 Å². The van der Waals surface area contributed by atoms with Gasteiger partial charge in [0, 0.05) is 18.3 Å². The van der Waals surface area contributed by atoms with E-state index in [0.717, 1.165) is 16.8 Å². The predicted molar refractivity (Wildman–Crippen MR) is 74.0 cm³/mol. The number of aromatic nitrogens is 1. The molecule has 0 aliphatic rings. The maximum absolute atomic E-state index is 9.11. The van der Waals surface area contributed by atoms with E-state index in [-0.39, 0.29) is 0 Å². The summed E-state index contributed by atoms with van der Waals surface area (Å²) in [5, 5.41) is 12.4. The molecular weight excluding hydrogens is 238 g/mol. The predicted octanol–water partition coefficient (Wildman–Crippen LogP) is 2.88. The first-order valence-electron chi connectivity index (χ1n) is 5.97. The summed E-state index contributed by atoms with van der Waals surface area (Å²) >= 11 is 0. The summed E-state index contributed by atoms with van der Waals surface area (Å²) in [6.45, 7) is 2.54. The van der Waals surface area contributed by atoms with Gasteiger partial charge in [-0.25, -0.2) is 4.98 Å². The van der Waals surface area contributed by atoms with Gasteiger partial charge in [-0.05, 0) is 24.6 Å². The lowest BCUT2D eigenvalue weighted by Gasteiger charge is -2.12. The molecule has 0 saturated carbocycles. The molecule has 0 aliphatic carbocycles. The lowest BCUT2D eigenvalue weighted by Crippen LogP contribution is -2.05. The third-order valence-corrected chi connectivity index (χ3v) is 2.89. The lowest BCUT2D eigenvalue weighted by atomic mass is 10.1. The quantitative estimate of drug-likeness (QED) is 0.910. The van der Waals surface area contributed by atoms with Crippen LogP contribution in [0.4, 0.5) is 5.69 Å². The number of pyridine rings is 1. The van der Waals surface area contributed by atoms with Crippen LogP contribution >= 0.6 is 0 Å². The van der Waals surface area contributed by atoms with Gasteiger partial charge in [-0.1, -0.05) is 18.2 Å². The maximum Gasteiger partial charge on any atom is 0.218 e. The Labute approximate surface area is 112 Å². The molecule has 96 valence electrons. The van der Waals surface area contributed by atoms with Gasteiger partial charge in [0.1, 0.15) is 6.07 Å². The fourth-order valence-corrected chi connectivity index (χ4v) is 1.92. The van der Waals surface area contributed by atoms with Gasteiger partial charge in [0.25, 0.3) is 0 Å². The SMILES string of the molecule is COc1ncccc1CNc1c(C)cccc1C#N. The number of hydrogen-bond donors (Lipinski definition) is 1. The average molecular weight is 253 g/mol. The molecule has 1 aromatic heterocycles. The van der Waals surface area contributed by atoms with E-state index in [2.05, 4.69) is 16.4 Å². The Morgan fingerprint density at radius 3 is 2.89 bits per heavy atom. The van der Waals surface area contributed by atoms with E-state index in [9.17, 15) is 0 Å². The van der Waals surface area contributed by atoms with Crippen LogP contribution in [0.1, 0.15) is 16.7 Å². The second-order valence-corrected chi connectivity index (χ2v) is 4.13. The first kappa shape index (κ1) is 12.9. The average Bonchev–Trinajstić information content (AvgIpc) is 2.46. The summed E-state index contributed by atoms with van der Waals surface area (Å²) in [6.07, 6.45) is 1.69.